The zero-order chi connectivity index (χ0) is 29.4. The lowest BCUT2D eigenvalue weighted by molar-refractivity contribution is -0.148. The molecule has 3 rings (SSSR count). The molecule has 1 aliphatic rings. The van der Waals surface area contributed by atoms with Crippen molar-refractivity contribution in [3.63, 3.8) is 0 Å². The summed E-state index contributed by atoms with van der Waals surface area (Å²) in [6.07, 6.45) is -3.03. The number of nitrogens with zero attached hydrogens (tertiary/aromatic N) is 1. The molecular weight excluding hydrogens is 515 g/mol. The van der Waals surface area contributed by atoms with E-state index < -0.39 is 55.3 Å². The van der Waals surface area contributed by atoms with Crippen LogP contribution in [0.1, 0.15) is 57.9 Å². The smallest absolute Gasteiger partial charge is 0.508 e. The average Bonchev–Trinajstić information content (AvgIpc) is 2.90. The predicted molar refractivity (Wildman–Crippen MR) is 150 cm³/mol. The molecule has 1 saturated heterocycles. The maximum Gasteiger partial charge on any atom is 0.551 e. The van der Waals surface area contributed by atoms with E-state index in [1.807, 2.05) is 58.0 Å². The van der Waals surface area contributed by atoms with Gasteiger partial charge in [0, 0.05) is 11.6 Å². The van der Waals surface area contributed by atoms with E-state index in [0.29, 0.717) is 12.1 Å². The highest BCUT2D eigenvalue weighted by Crippen LogP contribution is 2.20. The summed E-state index contributed by atoms with van der Waals surface area (Å²) in [6.45, 7) is 8.94. The molecule has 0 spiro atoms. The largest absolute Gasteiger partial charge is 0.551 e. The first kappa shape index (κ1) is 31.2. The van der Waals surface area contributed by atoms with Crippen LogP contribution in [-0.2, 0) is 18.9 Å². The fourth-order valence-corrected chi connectivity index (χ4v) is 4.37. The zero-order valence-electron chi connectivity index (χ0n) is 23.5. The van der Waals surface area contributed by atoms with Gasteiger partial charge >= 0.3 is 7.12 Å². The van der Waals surface area contributed by atoms with Crippen LogP contribution in [-0.4, -0.2) is 76.6 Å². The molecular formula is C28H39BN4O7. The van der Waals surface area contributed by atoms with E-state index in [4.69, 9.17) is 9.31 Å². The van der Waals surface area contributed by atoms with Crippen molar-refractivity contribution >= 4 is 24.9 Å². The van der Waals surface area contributed by atoms with E-state index in [0.717, 1.165) is 5.56 Å². The minimum atomic E-state index is -1.33. The number of aliphatic hydroxyl groups excluding tert-OH is 2. The number of aromatic nitrogens is 1. The molecule has 2 heterocycles. The average molecular weight is 554 g/mol. The van der Waals surface area contributed by atoms with Crippen molar-refractivity contribution in [2.75, 3.05) is 0 Å². The Morgan fingerprint density at radius 2 is 1.73 bits per heavy atom. The van der Waals surface area contributed by atoms with E-state index in [1.54, 1.807) is 12.1 Å². The third kappa shape index (κ3) is 8.85. The second kappa shape index (κ2) is 14.4. The molecule has 1 aromatic heterocycles. The SMILES string of the molecule is CC(C)C[C@H](NC(=O)[C@@H](NC(=O)c1cccc(-c2ccccc2)n1)[C@@H](C)O)B1OC(=O)C[C@H](C(O)NC(C)C)O1. The summed E-state index contributed by atoms with van der Waals surface area (Å²) in [5.74, 6) is -2.63. The monoisotopic (exact) mass is 554 g/mol. The fourth-order valence-electron chi connectivity index (χ4n) is 4.37. The highest BCUT2D eigenvalue weighted by atomic mass is 16.6. The Bertz CT molecular complexity index is 1150. The first-order chi connectivity index (χ1) is 18.9. The van der Waals surface area contributed by atoms with Crippen molar-refractivity contribution in [1.29, 1.82) is 0 Å². The van der Waals surface area contributed by atoms with Gasteiger partial charge in [-0.1, -0.05) is 50.2 Å². The Kier molecular flexibility index (Phi) is 11.2. The maximum atomic E-state index is 13.4. The van der Waals surface area contributed by atoms with Crippen LogP contribution < -0.4 is 16.0 Å². The van der Waals surface area contributed by atoms with Crippen LogP contribution >= 0.6 is 0 Å². The van der Waals surface area contributed by atoms with Crippen molar-refractivity contribution in [3.8, 4) is 11.3 Å². The standard InChI is InChI=1S/C28H39BN4O7/c1-16(2)14-23(29-39-22(15-24(35)40-29)27(37)30-17(3)4)32-28(38)25(18(5)34)33-26(36)21-13-9-12-20(31-21)19-10-7-6-8-11-19/h6-13,16-18,22-23,25,27,30,34,37H,14-15H2,1-5H3,(H,32,38)(H,33,36)/t18-,22-,23+,25+,27?/m1/s1. The Morgan fingerprint density at radius 3 is 2.35 bits per heavy atom. The molecule has 1 aromatic carbocycles. The number of amides is 2. The lowest BCUT2D eigenvalue weighted by Gasteiger charge is -2.35. The number of hydrogen-bond donors (Lipinski definition) is 5. The summed E-state index contributed by atoms with van der Waals surface area (Å²) in [6, 6.07) is 12.9. The van der Waals surface area contributed by atoms with Gasteiger partial charge in [0.05, 0.1) is 30.3 Å². The number of benzene rings is 1. The van der Waals surface area contributed by atoms with Gasteiger partial charge in [-0.2, -0.15) is 0 Å². The first-order valence-corrected chi connectivity index (χ1v) is 13.6. The molecule has 216 valence electrons. The van der Waals surface area contributed by atoms with Gasteiger partial charge in [0.1, 0.15) is 18.0 Å². The van der Waals surface area contributed by atoms with E-state index >= 15 is 0 Å². The molecule has 0 saturated carbocycles. The normalized spacial score (nSPS) is 18.6. The third-order valence-electron chi connectivity index (χ3n) is 6.26. The molecule has 0 aliphatic carbocycles. The quantitative estimate of drug-likeness (QED) is 0.193. The summed E-state index contributed by atoms with van der Waals surface area (Å²) in [5, 5.41) is 29.1. The van der Waals surface area contributed by atoms with Gasteiger partial charge < -0.3 is 30.2 Å². The summed E-state index contributed by atoms with van der Waals surface area (Å²) < 4.78 is 11.3. The van der Waals surface area contributed by atoms with Gasteiger partial charge in [-0.3, -0.25) is 19.7 Å². The Hall–Kier alpha value is -3.32. The predicted octanol–water partition coefficient (Wildman–Crippen LogP) is 1.43. The van der Waals surface area contributed by atoms with E-state index in [2.05, 4.69) is 20.9 Å². The Balaban J connectivity index is 1.74. The highest BCUT2D eigenvalue weighted by Gasteiger charge is 2.44. The van der Waals surface area contributed by atoms with E-state index in [9.17, 15) is 24.6 Å². The molecule has 2 amide bonds. The first-order valence-electron chi connectivity index (χ1n) is 13.6. The number of rotatable bonds is 12. The van der Waals surface area contributed by atoms with Crippen molar-refractivity contribution in [1.82, 2.24) is 20.9 Å². The molecule has 5 atom stereocenters. The number of carbonyl (C=O) groups is 3. The summed E-state index contributed by atoms with van der Waals surface area (Å²) in [4.78, 5) is 43.2. The van der Waals surface area contributed by atoms with Crippen molar-refractivity contribution in [2.45, 2.75) is 83.9 Å². The lowest BCUT2D eigenvalue weighted by Crippen LogP contribution is -2.61. The van der Waals surface area contributed by atoms with Crippen LogP contribution in [0.25, 0.3) is 11.3 Å². The molecule has 12 heteroatoms. The molecule has 1 fully saturated rings. The van der Waals surface area contributed by atoms with Crippen LogP contribution in [0.4, 0.5) is 0 Å². The molecule has 11 nitrogen and oxygen atoms in total. The van der Waals surface area contributed by atoms with Crippen LogP contribution in [0.5, 0.6) is 0 Å². The Labute approximate surface area is 235 Å². The van der Waals surface area contributed by atoms with Crippen molar-refractivity contribution < 1.29 is 33.9 Å². The number of nitrogens with one attached hydrogen (secondary N) is 3. The number of carbonyl (C=O) groups excluding carboxylic acids is 3. The topological polar surface area (TPSA) is 159 Å². The number of pyridine rings is 1. The highest BCUT2D eigenvalue weighted by molar-refractivity contribution is 6.49. The van der Waals surface area contributed by atoms with Crippen LogP contribution in [0, 0.1) is 5.92 Å². The number of aliphatic hydroxyl groups is 2. The molecule has 5 N–H and O–H groups in total. The fraction of sp³-hybridized carbons (Fsp3) is 0.500. The van der Waals surface area contributed by atoms with Crippen LogP contribution in [0.15, 0.2) is 48.5 Å². The molecule has 1 aliphatic heterocycles. The molecule has 0 bridgehead atoms. The lowest BCUT2D eigenvalue weighted by atomic mass is 9.72. The summed E-state index contributed by atoms with van der Waals surface area (Å²) in [5.41, 5.74) is 1.49. The van der Waals surface area contributed by atoms with Gasteiger partial charge in [-0.25, -0.2) is 4.98 Å². The van der Waals surface area contributed by atoms with Gasteiger partial charge in [0.2, 0.25) is 5.91 Å². The third-order valence-corrected chi connectivity index (χ3v) is 6.26. The zero-order valence-corrected chi connectivity index (χ0v) is 23.5. The molecule has 2 aromatic rings. The van der Waals surface area contributed by atoms with Crippen molar-refractivity contribution in [3.05, 3.63) is 54.2 Å². The second-order valence-corrected chi connectivity index (χ2v) is 10.7. The molecule has 0 radical (unpaired) electrons. The van der Waals surface area contributed by atoms with E-state index in [1.165, 1.54) is 13.0 Å². The van der Waals surface area contributed by atoms with Crippen LogP contribution in [0.2, 0.25) is 0 Å². The van der Waals surface area contributed by atoms with Crippen LogP contribution in [0.3, 0.4) is 0 Å². The van der Waals surface area contributed by atoms with Gasteiger partial charge in [0.25, 0.3) is 11.9 Å². The molecule has 1 unspecified atom stereocenters. The number of hydrogen-bond acceptors (Lipinski definition) is 9. The van der Waals surface area contributed by atoms with Gasteiger partial charge in [-0.15, -0.1) is 0 Å². The van der Waals surface area contributed by atoms with Gasteiger partial charge in [0.15, 0.2) is 0 Å². The van der Waals surface area contributed by atoms with E-state index in [-0.39, 0.29) is 24.1 Å². The maximum absolute atomic E-state index is 13.4. The molecule has 40 heavy (non-hydrogen) atoms. The van der Waals surface area contributed by atoms with Crippen molar-refractivity contribution in [2.24, 2.45) is 5.92 Å². The minimum absolute atomic E-state index is 0.0561. The summed E-state index contributed by atoms with van der Waals surface area (Å²) >= 11 is 0. The minimum Gasteiger partial charge on any atom is -0.508 e. The Morgan fingerprint density at radius 1 is 1.02 bits per heavy atom. The van der Waals surface area contributed by atoms with Gasteiger partial charge in [-0.05, 0) is 45.2 Å². The summed E-state index contributed by atoms with van der Waals surface area (Å²) in [7, 11) is -1.17. The second-order valence-electron chi connectivity index (χ2n) is 10.7.